The summed E-state index contributed by atoms with van der Waals surface area (Å²) < 4.78 is 13.9. The summed E-state index contributed by atoms with van der Waals surface area (Å²) in [5, 5.41) is 5.48. The highest BCUT2D eigenvalue weighted by molar-refractivity contribution is 5.73. The maximum absolute atomic E-state index is 13.9. The lowest BCUT2D eigenvalue weighted by molar-refractivity contribution is 0.233. The number of nitrogens with one attached hydrogen (secondary N) is 2. The molecular formula is C15H21FN2O. The predicted molar refractivity (Wildman–Crippen MR) is 73.7 cm³/mol. The van der Waals surface area contributed by atoms with Crippen molar-refractivity contribution in [2.75, 3.05) is 7.05 Å². The number of urea groups is 1. The molecule has 1 aromatic carbocycles. The predicted octanol–water partition coefficient (Wildman–Crippen LogP) is 3.09. The zero-order valence-electron chi connectivity index (χ0n) is 11.5. The maximum Gasteiger partial charge on any atom is 0.314 e. The average Bonchev–Trinajstić information content (AvgIpc) is 2.40. The fourth-order valence-electron chi connectivity index (χ4n) is 2.77. The van der Waals surface area contributed by atoms with Gasteiger partial charge in [0.2, 0.25) is 0 Å². The first-order valence-electron chi connectivity index (χ1n) is 6.84. The average molecular weight is 264 g/mol. The minimum Gasteiger partial charge on any atom is -0.341 e. The van der Waals surface area contributed by atoms with Crippen molar-refractivity contribution >= 4 is 6.03 Å². The number of amides is 2. The quantitative estimate of drug-likeness (QED) is 0.846. The number of hydrogen-bond donors (Lipinski definition) is 2. The second-order valence-electron chi connectivity index (χ2n) is 5.30. The molecule has 3 nitrogen and oxygen atoms in total. The molecular weight excluding hydrogens is 243 g/mol. The van der Waals surface area contributed by atoms with Crippen LogP contribution in [0.2, 0.25) is 0 Å². The Labute approximate surface area is 113 Å². The molecule has 0 unspecified atom stereocenters. The van der Waals surface area contributed by atoms with Gasteiger partial charge in [0, 0.05) is 13.1 Å². The van der Waals surface area contributed by atoms with Crippen molar-refractivity contribution < 1.29 is 9.18 Å². The number of carbonyl (C=O) groups is 1. The van der Waals surface area contributed by atoms with Crippen LogP contribution in [0.25, 0.3) is 0 Å². The lowest BCUT2D eigenvalue weighted by Crippen LogP contribution is -2.42. The van der Waals surface area contributed by atoms with Crippen molar-refractivity contribution in [2.24, 2.45) is 0 Å². The zero-order chi connectivity index (χ0) is 13.8. The van der Waals surface area contributed by atoms with E-state index in [1.807, 2.05) is 19.1 Å². The van der Waals surface area contributed by atoms with Crippen LogP contribution in [0.1, 0.15) is 42.7 Å². The Bertz CT molecular complexity index is 453. The smallest absolute Gasteiger partial charge is 0.314 e. The SMILES string of the molecule is CNC(=O)NC1CCC(c2ccc(C)cc2F)CC1. The molecule has 19 heavy (non-hydrogen) atoms. The third kappa shape index (κ3) is 3.46. The Hall–Kier alpha value is -1.58. The van der Waals surface area contributed by atoms with E-state index >= 15 is 0 Å². The molecule has 0 heterocycles. The van der Waals surface area contributed by atoms with Crippen LogP contribution in [-0.2, 0) is 0 Å². The van der Waals surface area contributed by atoms with Gasteiger partial charge in [-0.3, -0.25) is 0 Å². The third-order valence-electron chi connectivity index (χ3n) is 3.89. The van der Waals surface area contributed by atoms with Crippen LogP contribution in [0.4, 0.5) is 9.18 Å². The number of hydrogen-bond acceptors (Lipinski definition) is 1. The number of benzene rings is 1. The highest BCUT2D eigenvalue weighted by Crippen LogP contribution is 2.34. The van der Waals surface area contributed by atoms with Gasteiger partial charge in [0.15, 0.2) is 0 Å². The Morgan fingerprint density at radius 2 is 1.95 bits per heavy atom. The maximum atomic E-state index is 13.9. The van der Waals surface area contributed by atoms with E-state index in [0.717, 1.165) is 36.8 Å². The number of rotatable bonds is 2. The van der Waals surface area contributed by atoms with Crippen LogP contribution in [0.3, 0.4) is 0 Å². The van der Waals surface area contributed by atoms with E-state index in [1.165, 1.54) is 0 Å². The van der Waals surface area contributed by atoms with E-state index in [1.54, 1.807) is 13.1 Å². The topological polar surface area (TPSA) is 41.1 Å². The normalized spacial score (nSPS) is 22.9. The minimum absolute atomic E-state index is 0.0947. The summed E-state index contributed by atoms with van der Waals surface area (Å²) in [6, 6.07) is 5.55. The Morgan fingerprint density at radius 1 is 1.26 bits per heavy atom. The van der Waals surface area contributed by atoms with Gasteiger partial charge in [-0.05, 0) is 55.7 Å². The first kappa shape index (κ1) is 13.8. The van der Waals surface area contributed by atoms with Gasteiger partial charge in [-0.15, -0.1) is 0 Å². The summed E-state index contributed by atoms with van der Waals surface area (Å²) >= 11 is 0. The van der Waals surface area contributed by atoms with Gasteiger partial charge in [0.25, 0.3) is 0 Å². The molecule has 0 radical (unpaired) electrons. The van der Waals surface area contributed by atoms with Crippen LogP contribution in [0.5, 0.6) is 0 Å². The number of carbonyl (C=O) groups excluding carboxylic acids is 1. The lowest BCUT2D eigenvalue weighted by atomic mass is 9.81. The van der Waals surface area contributed by atoms with E-state index < -0.39 is 0 Å². The Morgan fingerprint density at radius 3 is 2.53 bits per heavy atom. The second-order valence-corrected chi connectivity index (χ2v) is 5.30. The van der Waals surface area contributed by atoms with E-state index in [2.05, 4.69) is 10.6 Å². The Kier molecular flexibility index (Phi) is 4.40. The van der Waals surface area contributed by atoms with Gasteiger partial charge < -0.3 is 10.6 Å². The largest absolute Gasteiger partial charge is 0.341 e. The summed E-state index contributed by atoms with van der Waals surface area (Å²) in [4.78, 5) is 11.2. The molecule has 0 aromatic heterocycles. The Balaban J connectivity index is 1.94. The molecule has 2 amide bonds. The summed E-state index contributed by atoms with van der Waals surface area (Å²) in [6.07, 6.45) is 3.67. The van der Waals surface area contributed by atoms with E-state index in [4.69, 9.17) is 0 Å². The fourth-order valence-corrected chi connectivity index (χ4v) is 2.77. The van der Waals surface area contributed by atoms with Crippen LogP contribution >= 0.6 is 0 Å². The van der Waals surface area contributed by atoms with Gasteiger partial charge in [-0.2, -0.15) is 0 Å². The van der Waals surface area contributed by atoms with E-state index in [9.17, 15) is 9.18 Å². The van der Waals surface area contributed by atoms with Gasteiger partial charge in [0.05, 0.1) is 0 Å². The van der Waals surface area contributed by atoms with Crippen molar-refractivity contribution in [1.29, 1.82) is 0 Å². The van der Waals surface area contributed by atoms with Crippen molar-refractivity contribution in [3.63, 3.8) is 0 Å². The molecule has 104 valence electrons. The zero-order valence-corrected chi connectivity index (χ0v) is 11.5. The van der Waals surface area contributed by atoms with Crippen molar-refractivity contribution in [2.45, 2.75) is 44.6 Å². The molecule has 0 atom stereocenters. The molecule has 2 rings (SSSR count). The van der Waals surface area contributed by atoms with Gasteiger partial charge in [-0.1, -0.05) is 12.1 Å². The monoisotopic (exact) mass is 264 g/mol. The standard InChI is InChI=1S/C15H21FN2O/c1-10-3-8-13(14(16)9-10)11-4-6-12(7-5-11)18-15(19)17-2/h3,8-9,11-12H,4-7H2,1-2H3,(H2,17,18,19). The molecule has 0 bridgehead atoms. The molecule has 1 saturated carbocycles. The molecule has 0 saturated heterocycles. The highest BCUT2D eigenvalue weighted by Gasteiger charge is 2.24. The van der Waals surface area contributed by atoms with Gasteiger partial charge in [0.1, 0.15) is 5.82 Å². The summed E-state index contributed by atoms with van der Waals surface area (Å²) in [7, 11) is 1.61. The molecule has 1 aliphatic carbocycles. The second kappa shape index (κ2) is 6.04. The minimum atomic E-state index is -0.134. The van der Waals surface area contributed by atoms with Crippen LogP contribution in [0, 0.1) is 12.7 Å². The molecule has 1 aliphatic rings. The van der Waals surface area contributed by atoms with Crippen LogP contribution in [-0.4, -0.2) is 19.1 Å². The first-order valence-corrected chi connectivity index (χ1v) is 6.84. The summed E-state index contributed by atoms with van der Waals surface area (Å²) in [5.74, 6) is 0.186. The van der Waals surface area contributed by atoms with Crippen molar-refractivity contribution in [3.8, 4) is 0 Å². The van der Waals surface area contributed by atoms with Crippen LogP contribution in [0.15, 0.2) is 18.2 Å². The molecule has 0 aliphatic heterocycles. The number of halogens is 1. The van der Waals surface area contributed by atoms with Crippen molar-refractivity contribution in [3.05, 3.63) is 35.1 Å². The highest BCUT2D eigenvalue weighted by atomic mass is 19.1. The molecule has 1 fully saturated rings. The lowest BCUT2D eigenvalue weighted by Gasteiger charge is -2.29. The van der Waals surface area contributed by atoms with Crippen molar-refractivity contribution in [1.82, 2.24) is 10.6 Å². The summed E-state index contributed by atoms with van der Waals surface area (Å²) in [5.41, 5.74) is 1.78. The molecule has 0 spiro atoms. The van der Waals surface area contributed by atoms with Crippen LogP contribution < -0.4 is 10.6 Å². The first-order chi connectivity index (χ1) is 9.10. The van der Waals surface area contributed by atoms with E-state index in [0.29, 0.717) is 0 Å². The molecule has 4 heteroatoms. The number of aryl methyl sites for hydroxylation is 1. The fraction of sp³-hybridized carbons (Fsp3) is 0.533. The van der Waals surface area contributed by atoms with Gasteiger partial charge >= 0.3 is 6.03 Å². The molecule has 1 aromatic rings. The summed E-state index contributed by atoms with van der Waals surface area (Å²) in [6.45, 7) is 1.90. The van der Waals surface area contributed by atoms with Gasteiger partial charge in [-0.25, -0.2) is 9.18 Å². The molecule has 2 N–H and O–H groups in total. The third-order valence-corrected chi connectivity index (χ3v) is 3.89. The van der Waals surface area contributed by atoms with E-state index in [-0.39, 0.29) is 23.8 Å².